The van der Waals surface area contributed by atoms with Crippen LogP contribution in [0.15, 0.2) is 18.3 Å². The van der Waals surface area contributed by atoms with Gasteiger partial charge in [0, 0.05) is 12.6 Å². The van der Waals surface area contributed by atoms with Gasteiger partial charge in [0.05, 0.1) is 17.2 Å². The Morgan fingerprint density at radius 3 is 2.88 bits per heavy atom. The van der Waals surface area contributed by atoms with Gasteiger partial charge in [0.25, 0.3) is 5.91 Å². The number of nitrogens with one attached hydrogen (secondary N) is 1. The number of carbonyl (C=O) groups is 3. The minimum atomic E-state index is -0.627. The predicted octanol–water partition coefficient (Wildman–Crippen LogP) is -0.299. The lowest BCUT2D eigenvalue weighted by Gasteiger charge is -2.21. The standard InChI is InChI=1S/C11H11N3O3/c12-10(16)6-2-1-5-13-9(6)7-3-4-8(15)14-11(7)17/h1-2,5,7H,3-4H2,(H2,12,16)(H,14,15,17)/t7-/m0/s1. The van der Waals surface area contributed by atoms with Gasteiger partial charge in [-0.1, -0.05) is 0 Å². The number of hydrogen-bond donors (Lipinski definition) is 2. The van der Waals surface area contributed by atoms with Gasteiger partial charge >= 0.3 is 0 Å². The molecule has 0 aliphatic carbocycles. The zero-order valence-electron chi connectivity index (χ0n) is 8.97. The van der Waals surface area contributed by atoms with E-state index in [0.29, 0.717) is 12.1 Å². The maximum Gasteiger partial charge on any atom is 0.250 e. The van der Waals surface area contributed by atoms with E-state index in [0.717, 1.165) is 0 Å². The Balaban J connectivity index is 2.37. The van der Waals surface area contributed by atoms with Gasteiger partial charge in [0.2, 0.25) is 11.8 Å². The second kappa shape index (κ2) is 4.32. The van der Waals surface area contributed by atoms with E-state index >= 15 is 0 Å². The Hall–Kier alpha value is -2.24. The molecule has 88 valence electrons. The molecule has 3 N–H and O–H groups in total. The summed E-state index contributed by atoms with van der Waals surface area (Å²) in [5.41, 5.74) is 5.78. The lowest BCUT2D eigenvalue weighted by molar-refractivity contribution is -0.134. The highest BCUT2D eigenvalue weighted by molar-refractivity contribution is 6.02. The summed E-state index contributed by atoms with van der Waals surface area (Å²) in [4.78, 5) is 37.9. The number of imide groups is 1. The molecular weight excluding hydrogens is 222 g/mol. The molecule has 17 heavy (non-hydrogen) atoms. The van der Waals surface area contributed by atoms with Crippen LogP contribution >= 0.6 is 0 Å². The molecule has 1 aromatic heterocycles. The Labute approximate surface area is 97.2 Å². The zero-order chi connectivity index (χ0) is 12.4. The van der Waals surface area contributed by atoms with Gasteiger partial charge in [-0.25, -0.2) is 0 Å². The molecule has 1 atom stereocenters. The van der Waals surface area contributed by atoms with Gasteiger partial charge in [0.1, 0.15) is 0 Å². The van der Waals surface area contributed by atoms with E-state index in [1.165, 1.54) is 12.3 Å². The Kier molecular flexibility index (Phi) is 2.86. The largest absolute Gasteiger partial charge is 0.366 e. The zero-order valence-corrected chi connectivity index (χ0v) is 8.97. The van der Waals surface area contributed by atoms with Crippen LogP contribution in [0.5, 0.6) is 0 Å². The number of rotatable bonds is 2. The third-order valence-electron chi connectivity index (χ3n) is 2.67. The molecule has 0 aromatic carbocycles. The van der Waals surface area contributed by atoms with Crippen molar-refractivity contribution in [1.82, 2.24) is 10.3 Å². The van der Waals surface area contributed by atoms with Crippen molar-refractivity contribution in [2.75, 3.05) is 0 Å². The lowest BCUT2D eigenvalue weighted by Crippen LogP contribution is -2.40. The number of primary amides is 1. The van der Waals surface area contributed by atoms with E-state index in [2.05, 4.69) is 10.3 Å². The van der Waals surface area contributed by atoms with Crippen LogP contribution in [0.4, 0.5) is 0 Å². The summed E-state index contributed by atoms with van der Waals surface area (Å²) in [6.07, 6.45) is 2.08. The van der Waals surface area contributed by atoms with Crippen molar-refractivity contribution in [3.63, 3.8) is 0 Å². The Bertz CT molecular complexity index is 498. The fraction of sp³-hybridized carbons (Fsp3) is 0.273. The van der Waals surface area contributed by atoms with Crippen molar-refractivity contribution in [3.8, 4) is 0 Å². The first kappa shape index (κ1) is 11.3. The van der Waals surface area contributed by atoms with Gasteiger partial charge in [-0.3, -0.25) is 24.7 Å². The summed E-state index contributed by atoms with van der Waals surface area (Å²) in [7, 11) is 0. The third kappa shape index (κ3) is 2.15. The predicted molar refractivity (Wildman–Crippen MR) is 57.9 cm³/mol. The van der Waals surface area contributed by atoms with Crippen LogP contribution in [0.3, 0.4) is 0 Å². The topological polar surface area (TPSA) is 102 Å². The second-order valence-electron chi connectivity index (χ2n) is 3.80. The van der Waals surface area contributed by atoms with Gasteiger partial charge in [-0.05, 0) is 18.6 Å². The molecule has 0 radical (unpaired) electrons. The summed E-state index contributed by atoms with van der Waals surface area (Å²) >= 11 is 0. The summed E-state index contributed by atoms with van der Waals surface area (Å²) in [6.45, 7) is 0. The van der Waals surface area contributed by atoms with Crippen molar-refractivity contribution in [1.29, 1.82) is 0 Å². The van der Waals surface area contributed by atoms with E-state index in [1.54, 1.807) is 6.07 Å². The smallest absolute Gasteiger partial charge is 0.250 e. The van der Waals surface area contributed by atoms with E-state index in [-0.39, 0.29) is 17.9 Å². The summed E-state index contributed by atoms with van der Waals surface area (Å²) in [5, 5.41) is 2.22. The minimum absolute atomic E-state index is 0.224. The van der Waals surface area contributed by atoms with Crippen LogP contribution in [0.1, 0.15) is 34.8 Å². The normalized spacial score (nSPS) is 19.9. The van der Waals surface area contributed by atoms with Crippen molar-refractivity contribution in [2.45, 2.75) is 18.8 Å². The number of piperidine rings is 1. The molecule has 1 aromatic rings. The number of aromatic nitrogens is 1. The quantitative estimate of drug-likeness (QED) is 0.684. The fourth-order valence-electron chi connectivity index (χ4n) is 1.86. The van der Waals surface area contributed by atoms with E-state index in [9.17, 15) is 14.4 Å². The average molecular weight is 233 g/mol. The van der Waals surface area contributed by atoms with Crippen molar-refractivity contribution in [2.24, 2.45) is 5.73 Å². The molecule has 6 nitrogen and oxygen atoms in total. The molecule has 0 unspecified atom stereocenters. The highest BCUT2D eigenvalue weighted by Crippen LogP contribution is 2.25. The van der Waals surface area contributed by atoms with Crippen molar-refractivity contribution in [3.05, 3.63) is 29.6 Å². The number of nitrogens with two attached hydrogens (primary N) is 1. The molecule has 0 bridgehead atoms. The number of nitrogens with zero attached hydrogens (tertiary/aromatic N) is 1. The van der Waals surface area contributed by atoms with E-state index < -0.39 is 17.7 Å². The van der Waals surface area contributed by atoms with Gasteiger partial charge < -0.3 is 5.73 Å². The Morgan fingerprint density at radius 2 is 2.24 bits per heavy atom. The molecule has 1 aliphatic heterocycles. The molecule has 0 saturated carbocycles. The fourth-order valence-corrected chi connectivity index (χ4v) is 1.86. The lowest BCUT2D eigenvalue weighted by atomic mass is 9.91. The first-order chi connectivity index (χ1) is 8.09. The average Bonchev–Trinajstić information content (AvgIpc) is 2.29. The second-order valence-corrected chi connectivity index (χ2v) is 3.80. The van der Waals surface area contributed by atoms with E-state index in [4.69, 9.17) is 5.73 Å². The molecular formula is C11H11N3O3. The van der Waals surface area contributed by atoms with Crippen LogP contribution in [0, 0.1) is 0 Å². The first-order valence-electron chi connectivity index (χ1n) is 5.18. The first-order valence-corrected chi connectivity index (χ1v) is 5.18. The van der Waals surface area contributed by atoms with Gasteiger partial charge in [-0.15, -0.1) is 0 Å². The maximum atomic E-state index is 11.7. The third-order valence-corrected chi connectivity index (χ3v) is 2.67. The monoisotopic (exact) mass is 233 g/mol. The number of pyridine rings is 1. The molecule has 2 heterocycles. The molecule has 0 spiro atoms. The minimum Gasteiger partial charge on any atom is -0.366 e. The van der Waals surface area contributed by atoms with Crippen LogP contribution < -0.4 is 11.1 Å². The number of carbonyl (C=O) groups excluding carboxylic acids is 3. The Morgan fingerprint density at radius 1 is 1.47 bits per heavy atom. The van der Waals surface area contributed by atoms with Gasteiger partial charge in [-0.2, -0.15) is 0 Å². The molecule has 3 amide bonds. The summed E-state index contributed by atoms with van der Waals surface area (Å²) < 4.78 is 0. The molecule has 1 fully saturated rings. The highest BCUT2D eigenvalue weighted by Gasteiger charge is 2.31. The SMILES string of the molecule is NC(=O)c1cccnc1[C@@H]1CCC(=O)NC1=O. The summed E-state index contributed by atoms with van der Waals surface area (Å²) in [5.74, 6) is -1.94. The summed E-state index contributed by atoms with van der Waals surface area (Å²) in [6, 6.07) is 3.10. The van der Waals surface area contributed by atoms with Gasteiger partial charge in [0.15, 0.2) is 0 Å². The van der Waals surface area contributed by atoms with Crippen LogP contribution in [-0.2, 0) is 9.59 Å². The maximum absolute atomic E-state index is 11.7. The van der Waals surface area contributed by atoms with Crippen molar-refractivity contribution < 1.29 is 14.4 Å². The number of amides is 3. The highest BCUT2D eigenvalue weighted by atomic mass is 16.2. The molecule has 1 aliphatic rings. The molecule has 6 heteroatoms. The molecule has 2 rings (SSSR count). The van der Waals surface area contributed by atoms with E-state index in [1.807, 2.05) is 0 Å². The number of hydrogen-bond acceptors (Lipinski definition) is 4. The van der Waals surface area contributed by atoms with Crippen LogP contribution in [0.25, 0.3) is 0 Å². The van der Waals surface area contributed by atoms with Crippen molar-refractivity contribution >= 4 is 17.7 Å². The van der Waals surface area contributed by atoms with Crippen LogP contribution in [-0.4, -0.2) is 22.7 Å². The van der Waals surface area contributed by atoms with Crippen LogP contribution in [0.2, 0.25) is 0 Å². The molecule has 1 saturated heterocycles.